The molecule has 5 rings (SSSR count). The molecule has 0 aliphatic carbocycles. The quantitative estimate of drug-likeness (QED) is 0.189. The lowest BCUT2D eigenvalue weighted by Gasteiger charge is -2.12. The third-order valence-corrected chi connectivity index (χ3v) is 6.93. The highest BCUT2D eigenvalue weighted by Gasteiger charge is 2.18. The first-order valence-electron chi connectivity index (χ1n) is 11.3. The summed E-state index contributed by atoms with van der Waals surface area (Å²) >= 11 is 1.71. The van der Waals surface area contributed by atoms with Crippen LogP contribution in [-0.4, -0.2) is 19.7 Å². The molecule has 0 bridgehead atoms. The largest absolute Gasteiger partial charge is 0.298 e. The first-order chi connectivity index (χ1) is 16.6. The van der Waals surface area contributed by atoms with Crippen LogP contribution in [0.15, 0.2) is 96.7 Å². The summed E-state index contributed by atoms with van der Waals surface area (Å²) in [6, 6.07) is 27.2. The van der Waals surface area contributed by atoms with E-state index in [1.165, 1.54) is 16.7 Å². The lowest BCUT2D eigenvalue weighted by atomic mass is 10.0. The summed E-state index contributed by atoms with van der Waals surface area (Å²) in [7, 11) is 0. The van der Waals surface area contributed by atoms with Gasteiger partial charge in [-0.15, -0.1) is 16.8 Å². The maximum atomic E-state index is 4.93. The average Bonchev–Trinajstić information content (AvgIpc) is 3.27. The van der Waals surface area contributed by atoms with E-state index in [1.54, 1.807) is 11.8 Å². The number of hydrogen-bond acceptors (Lipinski definition) is 4. The van der Waals surface area contributed by atoms with Crippen molar-refractivity contribution in [2.24, 2.45) is 0 Å². The standard InChI is InChI=1S/C29H26N4S/c1-4-16-33-28(31-32-29(33)34-19-23-17-20(2)14-15-21(23)3)25-18-27(22-10-6-5-7-11-22)30-26-13-9-8-12-24(25)26/h4-15,17-18H,1,16,19H2,2-3H3. The molecule has 5 heteroatoms. The summed E-state index contributed by atoms with van der Waals surface area (Å²) < 4.78 is 2.15. The summed E-state index contributed by atoms with van der Waals surface area (Å²) in [4.78, 5) is 4.93. The van der Waals surface area contributed by atoms with E-state index in [2.05, 4.69) is 83.7 Å². The van der Waals surface area contributed by atoms with Crippen LogP contribution >= 0.6 is 11.8 Å². The minimum atomic E-state index is 0.634. The summed E-state index contributed by atoms with van der Waals surface area (Å²) in [6.45, 7) is 8.90. The molecule has 0 spiro atoms. The predicted octanol–water partition coefficient (Wildman–Crippen LogP) is 7.26. The van der Waals surface area contributed by atoms with Gasteiger partial charge in [-0.2, -0.15) is 0 Å². The van der Waals surface area contributed by atoms with E-state index >= 15 is 0 Å². The van der Waals surface area contributed by atoms with Gasteiger partial charge in [0.15, 0.2) is 11.0 Å². The van der Waals surface area contributed by atoms with Crippen molar-refractivity contribution in [2.75, 3.05) is 0 Å². The zero-order valence-electron chi connectivity index (χ0n) is 19.4. The molecule has 0 aliphatic heterocycles. The van der Waals surface area contributed by atoms with E-state index in [0.717, 1.165) is 44.5 Å². The lowest BCUT2D eigenvalue weighted by molar-refractivity contribution is 0.731. The van der Waals surface area contributed by atoms with Crippen LogP contribution in [0.4, 0.5) is 0 Å². The Morgan fingerprint density at radius 1 is 0.912 bits per heavy atom. The number of aromatic nitrogens is 4. The van der Waals surface area contributed by atoms with Crippen LogP contribution in [0.1, 0.15) is 16.7 Å². The van der Waals surface area contributed by atoms with Crippen molar-refractivity contribution in [2.45, 2.75) is 31.3 Å². The fourth-order valence-corrected chi connectivity index (χ4v) is 5.11. The van der Waals surface area contributed by atoms with Crippen molar-refractivity contribution in [3.05, 3.63) is 108 Å². The highest BCUT2D eigenvalue weighted by molar-refractivity contribution is 7.98. The monoisotopic (exact) mass is 462 g/mol. The second-order valence-corrected chi connectivity index (χ2v) is 9.30. The van der Waals surface area contributed by atoms with Crippen molar-refractivity contribution < 1.29 is 0 Å². The van der Waals surface area contributed by atoms with Gasteiger partial charge < -0.3 is 0 Å². The van der Waals surface area contributed by atoms with E-state index in [4.69, 9.17) is 4.98 Å². The molecule has 3 aromatic carbocycles. The van der Waals surface area contributed by atoms with Crippen LogP contribution in [0, 0.1) is 13.8 Å². The molecule has 2 heterocycles. The van der Waals surface area contributed by atoms with Crippen molar-refractivity contribution in [3.63, 3.8) is 0 Å². The molecule has 168 valence electrons. The maximum Gasteiger partial charge on any atom is 0.192 e. The maximum absolute atomic E-state index is 4.93. The number of fused-ring (bicyclic) bond motifs is 1. The lowest BCUT2D eigenvalue weighted by Crippen LogP contribution is -2.02. The van der Waals surface area contributed by atoms with Crippen molar-refractivity contribution >= 4 is 22.7 Å². The highest BCUT2D eigenvalue weighted by Crippen LogP contribution is 2.34. The first kappa shape index (κ1) is 22.1. The van der Waals surface area contributed by atoms with Gasteiger partial charge in [-0.1, -0.05) is 90.1 Å². The third-order valence-electron chi connectivity index (χ3n) is 5.92. The molecule has 0 saturated carbocycles. The molecule has 34 heavy (non-hydrogen) atoms. The number of pyridine rings is 1. The van der Waals surface area contributed by atoms with Crippen LogP contribution < -0.4 is 0 Å². The number of nitrogens with zero attached hydrogens (tertiary/aromatic N) is 4. The number of benzene rings is 3. The number of para-hydroxylation sites is 1. The first-order valence-corrected chi connectivity index (χ1v) is 12.3. The second-order valence-electron chi connectivity index (χ2n) is 8.36. The topological polar surface area (TPSA) is 43.6 Å². The summed E-state index contributed by atoms with van der Waals surface area (Å²) in [6.07, 6.45) is 1.90. The van der Waals surface area contributed by atoms with Crippen molar-refractivity contribution in [1.29, 1.82) is 0 Å². The molecule has 5 aromatic rings. The normalized spacial score (nSPS) is 11.1. The van der Waals surface area contributed by atoms with E-state index in [1.807, 2.05) is 36.4 Å². The molecule has 4 nitrogen and oxygen atoms in total. The van der Waals surface area contributed by atoms with Gasteiger partial charge in [0.2, 0.25) is 0 Å². The number of rotatable bonds is 7. The molecule has 0 saturated heterocycles. The number of allylic oxidation sites excluding steroid dienone is 1. The zero-order chi connectivity index (χ0) is 23.5. The summed E-state index contributed by atoms with van der Waals surface area (Å²) in [5, 5.41) is 11.2. The molecule has 0 N–H and O–H groups in total. The minimum absolute atomic E-state index is 0.634. The Bertz CT molecular complexity index is 1470. The van der Waals surface area contributed by atoms with Gasteiger partial charge in [0.25, 0.3) is 0 Å². The zero-order valence-corrected chi connectivity index (χ0v) is 20.2. The van der Waals surface area contributed by atoms with Crippen LogP contribution in [0.5, 0.6) is 0 Å². The third kappa shape index (κ3) is 4.39. The SMILES string of the molecule is C=CCn1c(SCc2cc(C)ccc2C)nnc1-c1cc(-c2ccccc2)nc2ccccc12. The van der Waals surface area contributed by atoms with Gasteiger partial charge in [-0.05, 0) is 37.1 Å². The molecule has 2 aromatic heterocycles. The molecule has 0 radical (unpaired) electrons. The fraction of sp³-hybridized carbons (Fsp3) is 0.138. The van der Waals surface area contributed by atoms with Gasteiger partial charge in [-0.25, -0.2) is 4.98 Å². The number of hydrogen-bond donors (Lipinski definition) is 0. The van der Waals surface area contributed by atoms with Gasteiger partial charge in [-0.3, -0.25) is 4.57 Å². The molecule has 0 unspecified atom stereocenters. The molecular weight excluding hydrogens is 436 g/mol. The second kappa shape index (κ2) is 9.65. The van der Waals surface area contributed by atoms with Gasteiger partial charge in [0, 0.05) is 28.8 Å². The Kier molecular flexibility index (Phi) is 6.28. The van der Waals surface area contributed by atoms with Gasteiger partial charge in [0.1, 0.15) is 0 Å². The Balaban J connectivity index is 1.60. The highest BCUT2D eigenvalue weighted by atomic mass is 32.2. The van der Waals surface area contributed by atoms with Crippen molar-refractivity contribution in [1.82, 2.24) is 19.7 Å². The van der Waals surface area contributed by atoms with Crippen LogP contribution in [0.25, 0.3) is 33.5 Å². The number of aryl methyl sites for hydroxylation is 2. The Hall–Kier alpha value is -3.70. The molecule has 0 amide bonds. The van der Waals surface area contributed by atoms with Gasteiger partial charge >= 0.3 is 0 Å². The van der Waals surface area contributed by atoms with Crippen molar-refractivity contribution in [3.8, 4) is 22.6 Å². The minimum Gasteiger partial charge on any atom is -0.298 e. The Morgan fingerprint density at radius 3 is 2.53 bits per heavy atom. The molecule has 0 atom stereocenters. The fourth-order valence-electron chi connectivity index (χ4n) is 4.10. The Labute approximate surface area is 204 Å². The summed E-state index contributed by atoms with van der Waals surface area (Å²) in [5.74, 6) is 1.67. The molecule has 0 fully saturated rings. The van der Waals surface area contributed by atoms with E-state index in [0.29, 0.717) is 6.54 Å². The van der Waals surface area contributed by atoms with E-state index in [-0.39, 0.29) is 0 Å². The van der Waals surface area contributed by atoms with E-state index < -0.39 is 0 Å². The van der Waals surface area contributed by atoms with Crippen LogP contribution in [0.2, 0.25) is 0 Å². The van der Waals surface area contributed by atoms with E-state index in [9.17, 15) is 0 Å². The number of thioether (sulfide) groups is 1. The van der Waals surface area contributed by atoms with Crippen LogP contribution in [0.3, 0.4) is 0 Å². The molecule has 0 aliphatic rings. The van der Waals surface area contributed by atoms with Crippen LogP contribution in [-0.2, 0) is 12.3 Å². The summed E-state index contributed by atoms with van der Waals surface area (Å²) in [5.41, 5.74) is 7.85. The van der Waals surface area contributed by atoms with Gasteiger partial charge in [0.05, 0.1) is 11.2 Å². The smallest absolute Gasteiger partial charge is 0.192 e. The Morgan fingerprint density at radius 2 is 1.71 bits per heavy atom. The molecular formula is C29H26N4S. The predicted molar refractivity (Wildman–Crippen MR) is 142 cm³/mol. The average molecular weight is 463 g/mol.